The van der Waals surface area contributed by atoms with Crippen molar-refractivity contribution in [1.82, 2.24) is 15.2 Å². The zero-order chi connectivity index (χ0) is 17.5. The third-order valence-electron chi connectivity index (χ3n) is 3.81. The zero-order valence-corrected chi connectivity index (χ0v) is 14.3. The molecular weight excluding hydrogens is 306 g/mol. The summed E-state index contributed by atoms with van der Waals surface area (Å²) in [5.41, 5.74) is 6.29. The number of nitrogens with one attached hydrogen (secondary N) is 3. The van der Waals surface area contributed by atoms with Crippen LogP contribution < -0.4 is 16.0 Å². The molecule has 8 heteroatoms. The Hall–Kier alpha value is -2.45. The zero-order valence-electron chi connectivity index (χ0n) is 14.3. The minimum atomic E-state index is 0.284. The molecule has 24 heavy (non-hydrogen) atoms. The van der Waals surface area contributed by atoms with Gasteiger partial charge in [-0.2, -0.15) is 5.10 Å². The van der Waals surface area contributed by atoms with Crippen LogP contribution in [-0.2, 0) is 4.74 Å². The fraction of sp³-hybridized carbons (Fsp3) is 0.438. The van der Waals surface area contributed by atoms with Crippen LogP contribution in [0.3, 0.4) is 0 Å². The molecule has 0 aromatic carbocycles. The van der Waals surface area contributed by atoms with E-state index in [1.807, 2.05) is 19.1 Å². The molecule has 1 aliphatic heterocycles. The normalized spacial score (nSPS) is 17.0. The van der Waals surface area contributed by atoms with Gasteiger partial charge in [0.1, 0.15) is 17.5 Å². The van der Waals surface area contributed by atoms with Gasteiger partial charge in [0, 0.05) is 24.4 Å². The summed E-state index contributed by atoms with van der Waals surface area (Å²) in [7, 11) is 1.50. The van der Waals surface area contributed by atoms with Crippen LogP contribution in [0.2, 0.25) is 0 Å². The maximum Gasteiger partial charge on any atom is 0.143 e. The Kier molecular flexibility index (Phi) is 6.28. The maximum atomic E-state index is 7.64. The second-order valence-corrected chi connectivity index (χ2v) is 5.42. The molecule has 0 amide bonds. The number of aromatic amines is 1. The molecule has 1 fully saturated rings. The maximum absolute atomic E-state index is 7.64. The van der Waals surface area contributed by atoms with Crippen molar-refractivity contribution < 1.29 is 4.74 Å². The molecule has 130 valence electrons. The highest BCUT2D eigenvalue weighted by Crippen LogP contribution is 2.26. The SMILES string of the molecule is CN.Cc1cc(N2CCOCC2C)nc(Nc2ccn[nH]2)c1C=N. The Labute approximate surface area is 141 Å². The third-order valence-corrected chi connectivity index (χ3v) is 3.81. The summed E-state index contributed by atoms with van der Waals surface area (Å²) >= 11 is 0. The molecule has 1 aliphatic rings. The number of rotatable bonds is 4. The van der Waals surface area contributed by atoms with Crippen molar-refractivity contribution in [2.75, 3.05) is 37.0 Å². The molecule has 3 heterocycles. The Bertz CT molecular complexity index is 657. The lowest BCUT2D eigenvalue weighted by Crippen LogP contribution is -2.44. The second kappa shape index (κ2) is 8.42. The second-order valence-electron chi connectivity index (χ2n) is 5.42. The van der Waals surface area contributed by atoms with Gasteiger partial charge < -0.3 is 26.1 Å². The van der Waals surface area contributed by atoms with Gasteiger partial charge >= 0.3 is 0 Å². The van der Waals surface area contributed by atoms with E-state index in [2.05, 4.69) is 33.1 Å². The van der Waals surface area contributed by atoms with Crippen molar-refractivity contribution in [3.8, 4) is 0 Å². The van der Waals surface area contributed by atoms with E-state index >= 15 is 0 Å². The van der Waals surface area contributed by atoms with Crippen LogP contribution in [0.4, 0.5) is 17.5 Å². The van der Waals surface area contributed by atoms with E-state index in [-0.39, 0.29) is 6.04 Å². The summed E-state index contributed by atoms with van der Waals surface area (Å²) in [6.45, 7) is 6.36. The number of pyridine rings is 1. The summed E-state index contributed by atoms with van der Waals surface area (Å²) in [6, 6.07) is 4.14. The van der Waals surface area contributed by atoms with Gasteiger partial charge in [-0.3, -0.25) is 5.10 Å². The van der Waals surface area contributed by atoms with Crippen LogP contribution in [0.1, 0.15) is 18.1 Å². The fourth-order valence-corrected chi connectivity index (χ4v) is 2.61. The van der Waals surface area contributed by atoms with E-state index in [1.54, 1.807) is 6.20 Å². The Morgan fingerprint density at radius 2 is 2.29 bits per heavy atom. The summed E-state index contributed by atoms with van der Waals surface area (Å²) in [6.07, 6.45) is 3.00. The van der Waals surface area contributed by atoms with Gasteiger partial charge in [-0.25, -0.2) is 4.98 Å². The number of hydrogen-bond acceptors (Lipinski definition) is 7. The topological polar surface area (TPSA) is 116 Å². The van der Waals surface area contributed by atoms with Gasteiger partial charge in [-0.15, -0.1) is 0 Å². The van der Waals surface area contributed by atoms with Crippen LogP contribution in [-0.4, -0.2) is 54.2 Å². The van der Waals surface area contributed by atoms with Crippen LogP contribution in [0.25, 0.3) is 0 Å². The van der Waals surface area contributed by atoms with E-state index in [4.69, 9.17) is 15.1 Å². The summed E-state index contributed by atoms with van der Waals surface area (Å²) in [5.74, 6) is 2.32. The average molecular weight is 331 g/mol. The standard InChI is InChI=1S/C15H20N6O.CH5N/c1-10-7-14(21-5-6-22-9-11(21)2)19-15(12(10)8-16)18-13-3-4-17-20-13;1-2/h3-4,7-8,11,16H,5-6,9H2,1-2H3,(H2,17,18,19,20);2H2,1H3. The molecule has 2 aromatic heterocycles. The first-order chi connectivity index (χ1) is 11.7. The quantitative estimate of drug-likeness (QED) is 0.633. The molecule has 0 radical (unpaired) electrons. The number of ether oxygens (including phenoxy) is 1. The number of anilines is 3. The highest BCUT2D eigenvalue weighted by molar-refractivity contribution is 5.88. The summed E-state index contributed by atoms with van der Waals surface area (Å²) < 4.78 is 5.49. The van der Waals surface area contributed by atoms with Gasteiger partial charge in [0.2, 0.25) is 0 Å². The molecule has 3 rings (SSSR count). The number of morpholine rings is 1. The smallest absolute Gasteiger partial charge is 0.143 e. The highest BCUT2D eigenvalue weighted by Gasteiger charge is 2.22. The van der Waals surface area contributed by atoms with Crippen LogP contribution in [0.5, 0.6) is 0 Å². The lowest BCUT2D eigenvalue weighted by molar-refractivity contribution is 0.0985. The van der Waals surface area contributed by atoms with E-state index in [9.17, 15) is 0 Å². The summed E-state index contributed by atoms with van der Waals surface area (Å²) in [4.78, 5) is 6.95. The van der Waals surface area contributed by atoms with E-state index in [0.29, 0.717) is 19.0 Å². The van der Waals surface area contributed by atoms with Gasteiger partial charge in [0.05, 0.1) is 25.5 Å². The Morgan fingerprint density at radius 1 is 1.50 bits per heavy atom. The largest absolute Gasteiger partial charge is 0.377 e. The first-order valence-electron chi connectivity index (χ1n) is 7.89. The molecule has 8 nitrogen and oxygen atoms in total. The Balaban J connectivity index is 0.00000100. The number of H-pyrrole nitrogens is 1. The average Bonchev–Trinajstić information content (AvgIpc) is 3.10. The number of nitrogens with two attached hydrogens (primary N) is 1. The van der Waals surface area contributed by atoms with Gasteiger partial charge in [-0.1, -0.05) is 0 Å². The highest BCUT2D eigenvalue weighted by atomic mass is 16.5. The number of aromatic nitrogens is 3. The molecule has 0 saturated carbocycles. The van der Waals surface area contributed by atoms with Crippen molar-refractivity contribution in [2.45, 2.75) is 19.9 Å². The number of aryl methyl sites for hydroxylation is 1. The molecule has 5 N–H and O–H groups in total. The monoisotopic (exact) mass is 331 g/mol. The van der Waals surface area contributed by atoms with Crippen LogP contribution in [0, 0.1) is 12.3 Å². The Morgan fingerprint density at radius 3 is 2.92 bits per heavy atom. The molecule has 1 atom stereocenters. The third kappa shape index (κ3) is 3.90. The first kappa shape index (κ1) is 17.9. The first-order valence-corrected chi connectivity index (χ1v) is 7.89. The predicted octanol–water partition coefficient (Wildman–Crippen LogP) is 1.65. The molecule has 1 unspecified atom stereocenters. The molecule has 0 bridgehead atoms. The van der Waals surface area contributed by atoms with Crippen molar-refractivity contribution in [2.24, 2.45) is 5.73 Å². The van der Waals surface area contributed by atoms with Crippen molar-refractivity contribution >= 4 is 23.7 Å². The van der Waals surface area contributed by atoms with E-state index in [1.165, 1.54) is 13.3 Å². The molecule has 0 aliphatic carbocycles. The van der Waals surface area contributed by atoms with Crippen LogP contribution in [0.15, 0.2) is 18.3 Å². The van der Waals surface area contributed by atoms with Crippen LogP contribution >= 0.6 is 0 Å². The number of hydrogen-bond donors (Lipinski definition) is 4. The van der Waals surface area contributed by atoms with Crippen molar-refractivity contribution in [3.05, 3.63) is 29.5 Å². The minimum absolute atomic E-state index is 0.284. The molecule has 1 saturated heterocycles. The lowest BCUT2D eigenvalue weighted by atomic mass is 10.1. The van der Waals surface area contributed by atoms with E-state index < -0.39 is 0 Å². The fourth-order valence-electron chi connectivity index (χ4n) is 2.61. The molecular formula is C16H25N7O. The molecule has 2 aromatic rings. The van der Waals surface area contributed by atoms with Gasteiger partial charge in [0.15, 0.2) is 0 Å². The van der Waals surface area contributed by atoms with Crippen molar-refractivity contribution in [3.63, 3.8) is 0 Å². The van der Waals surface area contributed by atoms with Gasteiger partial charge in [0.25, 0.3) is 0 Å². The van der Waals surface area contributed by atoms with Crippen molar-refractivity contribution in [1.29, 1.82) is 5.41 Å². The minimum Gasteiger partial charge on any atom is -0.377 e. The number of nitrogens with zero attached hydrogens (tertiary/aromatic N) is 3. The van der Waals surface area contributed by atoms with E-state index in [0.717, 1.165) is 29.3 Å². The lowest BCUT2D eigenvalue weighted by Gasteiger charge is -2.34. The molecule has 0 spiro atoms. The van der Waals surface area contributed by atoms with Gasteiger partial charge in [-0.05, 0) is 32.5 Å². The summed E-state index contributed by atoms with van der Waals surface area (Å²) in [5, 5.41) is 17.6. The predicted molar refractivity (Wildman–Crippen MR) is 96.5 cm³/mol.